The normalized spacial score (nSPS) is 11.4. The van der Waals surface area contributed by atoms with Crippen LogP contribution < -0.4 is 41.5 Å². The number of fused-ring (bicyclic) bond motifs is 2. The summed E-state index contributed by atoms with van der Waals surface area (Å²) >= 11 is 14.6. The molecule has 71 heavy (non-hydrogen) atoms. The Kier molecular flexibility index (Phi) is 14.5. The fourth-order valence-corrected chi connectivity index (χ4v) is 22.4. The van der Waals surface area contributed by atoms with E-state index in [-0.39, 0.29) is 19.5 Å². The summed E-state index contributed by atoms with van der Waals surface area (Å²) in [5.74, 6) is 0. The Hall–Kier alpha value is -6.52. The molecule has 2 nitrogen and oxygen atoms in total. The maximum Gasteiger partial charge on any atom is 2.00 e. The van der Waals surface area contributed by atoms with Crippen LogP contribution in [-0.2, 0) is 44.7 Å². The van der Waals surface area contributed by atoms with Crippen LogP contribution in [0.4, 0.5) is 0 Å². The maximum absolute atomic E-state index is 5.59. The van der Waals surface area contributed by atoms with Crippen molar-refractivity contribution in [3.05, 3.63) is 267 Å². The Labute approximate surface area is 449 Å². The average Bonchev–Trinajstić information content (AvgIpc) is 4.06. The van der Waals surface area contributed by atoms with Gasteiger partial charge in [0.05, 0.1) is 20.4 Å². The first-order valence-electron chi connectivity index (χ1n) is 23.2. The Morgan fingerprint density at radius 2 is 0.535 bits per heavy atom. The maximum atomic E-state index is 5.59. The molecule has 0 N–H and O–H groups in total. The molecule has 0 amide bonds. The van der Waals surface area contributed by atoms with Gasteiger partial charge in [0, 0.05) is 0 Å². The molecule has 12 aromatic rings. The topological polar surface area (TPSA) is 25.8 Å². The van der Waals surface area contributed by atoms with Crippen molar-refractivity contribution in [1.82, 2.24) is 9.97 Å². The third-order valence-electron chi connectivity index (χ3n) is 13.1. The van der Waals surface area contributed by atoms with Gasteiger partial charge in [-0.3, -0.25) is 0 Å². The molecule has 0 aliphatic heterocycles. The molecule has 0 aliphatic carbocycles. The van der Waals surface area contributed by atoms with E-state index in [1.54, 1.807) is 22.7 Å². The van der Waals surface area contributed by atoms with Gasteiger partial charge in [0.15, 0.2) is 16.1 Å². The first kappa shape index (κ1) is 48.1. The van der Waals surface area contributed by atoms with E-state index < -0.39 is 16.1 Å². The summed E-state index contributed by atoms with van der Waals surface area (Å²) in [4.78, 5) is 11.6. The number of aromatic nitrogens is 2. The second-order valence-corrected chi connectivity index (χ2v) is 27.7. The van der Waals surface area contributed by atoms with Crippen LogP contribution in [0.2, 0.25) is 0 Å². The molecule has 336 valence electrons. The van der Waals surface area contributed by atoms with E-state index in [2.05, 4.69) is 231 Å². The molecule has 0 aliphatic rings. The Bertz CT molecular complexity index is 3250. The number of thiazole rings is 2. The van der Waals surface area contributed by atoms with E-state index in [4.69, 9.17) is 35.2 Å². The van der Waals surface area contributed by atoms with Gasteiger partial charge in [-0.05, 0) is 76.9 Å². The van der Waals surface area contributed by atoms with E-state index in [1.807, 2.05) is 36.4 Å². The van der Waals surface area contributed by atoms with Crippen LogP contribution in [0, 0.1) is 0 Å². The van der Waals surface area contributed by atoms with Gasteiger partial charge in [-0.2, -0.15) is 9.79 Å². The van der Waals surface area contributed by atoms with E-state index >= 15 is 0 Å². The molecular weight excluding hydrogens is 1020 g/mol. The van der Waals surface area contributed by atoms with E-state index in [1.165, 1.54) is 50.9 Å². The third kappa shape index (κ3) is 9.20. The Balaban J connectivity index is 0.000000162. The largest absolute Gasteiger partial charge is 2.00 e. The summed E-state index contributed by atoms with van der Waals surface area (Å²) in [6.07, 6.45) is 0. The Morgan fingerprint density at radius 3 is 0.803 bits per heavy atom. The van der Waals surface area contributed by atoms with Gasteiger partial charge >= 0.3 is 19.5 Å². The molecule has 0 fully saturated rings. The SMILES string of the molecule is [S-]c1ccccc1-c1nc2ccc([Si](c3ccccc3)(c3ccccc3)c3ccccc3)cc2s1.[S-]c1ccccc1-c1nc2ccc([Si](c3ccccc3)(c3ccccc3)c3ccccc3)cc2s1.[Zn+2]. The fraction of sp³-hybridized carbons (Fsp3) is 0. The number of benzene rings is 10. The molecule has 12 rings (SSSR count). The van der Waals surface area contributed by atoms with Crippen LogP contribution >= 0.6 is 22.7 Å². The van der Waals surface area contributed by atoms with Crippen LogP contribution in [0.3, 0.4) is 0 Å². The molecule has 0 saturated carbocycles. The smallest absolute Gasteiger partial charge is 0.779 e. The second kappa shape index (κ2) is 21.5. The van der Waals surface area contributed by atoms with Crippen molar-refractivity contribution < 1.29 is 19.5 Å². The molecule has 0 saturated heterocycles. The van der Waals surface area contributed by atoms with Crippen molar-refractivity contribution in [1.29, 1.82) is 0 Å². The van der Waals surface area contributed by atoms with E-state index in [0.29, 0.717) is 0 Å². The van der Waals surface area contributed by atoms with Crippen molar-refractivity contribution in [3.8, 4) is 21.1 Å². The van der Waals surface area contributed by atoms with Crippen LogP contribution in [0.15, 0.2) is 277 Å². The summed E-state index contributed by atoms with van der Waals surface area (Å²) in [6.45, 7) is 0. The zero-order valence-corrected chi connectivity index (χ0v) is 46.9. The zero-order valence-electron chi connectivity index (χ0n) is 38.6. The van der Waals surface area contributed by atoms with E-state index in [9.17, 15) is 0 Å². The molecular formula is C62H44N2S4Si2Zn. The first-order chi connectivity index (χ1) is 34.5. The summed E-state index contributed by atoms with van der Waals surface area (Å²) in [5.41, 5.74) is 4.10. The minimum Gasteiger partial charge on any atom is -0.779 e. The van der Waals surface area contributed by atoms with Crippen molar-refractivity contribution in [2.45, 2.75) is 9.79 Å². The van der Waals surface area contributed by atoms with E-state index in [0.717, 1.165) is 42.0 Å². The molecule has 10 aromatic carbocycles. The van der Waals surface area contributed by atoms with Gasteiger partial charge in [-0.25, -0.2) is 9.97 Å². The quantitative estimate of drug-likeness (QED) is 0.0775. The molecule has 0 bridgehead atoms. The molecule has 0 unspecified atom stereocenters. The summed E-state index contributed by atoms with van der Waals surface area (Å²) in [6, 6.07) is 95.9. The van der Waals surface area contributed by atoms with Gasteiger partial charge < -0.3 is 25.3 Å². The average molecular weight is 1070 g/mol. The minimum absolute atomic E-state index is 0. The summed E-state index contributed by atoms with van der Waals surface area (Å²) < 4.78 is 2.38. The van der Waals surface area contributed by atoms with Crippen molar-refractivity contribution in [2.75, 3.05) is 0 Å². The zero-order chi connectivity index (χ0) is 47.3. The minimum atomic E-state index is -2.54. The standard InChI is InChI=1S/2C31H23NS2Si.Zn/c2*33-29-19-11-10-18-27(29)31-32-28-21-20-26(22-30(28)34-31)35(23-12-4-1-5-13-23,24-14-6-2-7-15-24)25-16-8-3-9-17-25;/h2*1-22,33H;/q;;+2/p-2. The number of hydrogen-bond acceptors (Lipinski definition) is 6. The monoisotopic (exact) mass is 1060 g/mol. The molecule has 9 heteroatoms. The Morgan fingerprint density at radius 1 is 0.282 bits per heavy atom. The van der Waals surface area contributed by atoms with Gasteiger partial charge in [-0.15, -0.1) is 22.7 Å². The fourth-order valence-electron chi connectivity index (χ4n) is 9.96. The predicted octanol–water partition coefficient (Wildman–Crippen LogP) is 10.5. The molecule has 2 aromatic heterocycles. The molecule has 0 spiro atoms. The second-order valence-electron chi connectivity index (χ2n) is 17.1. The summed E-state index contributed by atoms with van der Waals surface area (Å²) in [7, 11) is -5.08. The summed E-state index contributed by atoms with van der Waals surface area (Å²) in [5, 5.41) is 12.9. The van der Waals surface area contributed by atoms with Crippen LogP contribution in [0.25, 0.3) is 41.6 Å². The predicted molar refractivity (Wildman–Crippen MR) is 309 cm³/mol. The van der Waals surface area contributed by atoms with Gasteiger partial charge in [0.2, 0.25) is 0 Å². The van der Waals surface area contributed by atoms with Crippen LogP contribution in [0.5, 0.6) is 0 Å². The van der Waals surface area contributed by atoms with Gasteiger partial charge in [-0.1, -0.05) is 243 Å². The van der Waals surface area contributed by atoms with Crippen LogP contribution in [0.1, 0.15) is 0 Å². The number of hydrogen-bond donors (Lipinski definition) is 0. The third-order valence-corrected chi connectivity index (χ3v) is 25.5. The van der Waals surface area contributed by atoms with Gasteiger partial charge in [0.1, 0.15) is 10.0 Å². The molecule has 2 heterocycles. The first-order valence-corrected chi connectivity index (χ1v) is 29.7. The molecule has 0 atom stereocenters. The molecule has 0 radical (unpaired) electrons. The number of rotatable bonds is 10. The van der Waals surface area contributed by atoms with Crippen molar-refractivity contribution >= 4 is 126 Å². The van der Waals surface area contributed by atoms with Crippen molar-refractivity contribution in [3.63, 3.8) is 0 Å². The van der Waals surface area contributed by atoms with Crippen LogP contribution in [-0.4, -0.2) is 26.1 Å². The van der Waals surface area contributed by atoms with Crippen molar-refractivity contribution in [2.24, 2.45) is 0 Å². The number of nitrogens with zero attached hydrogens (tertiary/aromatic N) is 2. The van der Waals surface area contributed by atoms with Gasteiger partial charge in [0.25, 0.3) is 0 Å².